The van der Waals surface area contributed by atoms with Crippen LogP contribution in [-0.2, 0) is 4.79 Å². The lowest BCUT2D eigenvalue weighted by atomic mass is 10.3. The highest BCUT2D eigenvalue weighted by atomic mass is 35.5. The SMILES string of the molecule is O=C1CN(c2ccc(Cl)c(C(=O)O)n2)CCN1. The molecule has 7 heteroatoms. The molecule has 1 amide bonds. The van der Waals surface area contributed by atoms with E-state index < -0.39 is 5.97 Å². The lowest BCUT2D eigenvalue weighted by Crippen LogP contribution is -2.48. The van der Waals surface area contributed by atoms with Crippen LogP contribution in [0.2, 0.25) is 5.02 Å². The van der Waals surface area contributed by atoms with Crippen LogP contribution in [0.15, 0.2) is 12.1 Å². The van der Waals surface area contributed by atoms with Gasteiger partial charge in [-0.15, -0.1) is 0 Å². The highest BCUT2D eigenvalue weighted by Crippen LogP contribution is 2.19. The van der Waals surface area contributed by atoms with E-state index in [2.05, 4.69) is 10.3 Å². The first-order valence-corrected chi connectivity index (χ1v) is 5.37. The number of hydrogen-bond acceptors (Lipinski definition) is 4. The van der Waals surface area contributed by atoms with E-state index in [-0.39, 0.29) is 23.2 Å². The van der Waals surface area contributed by atoms with Gasteiger partial charge in [0.2, 0.25) is 5.91 Å². The monoisotopic (exact) mass is 255 g/mol. The van der Waals surface area contributed by atoms with Crippen LogP contribution in [0.25, 0.3) is 0 Å². The number of rotatable bonds is 2. The molecule has 6 nitrogen and oxygen atoms in total. The Labute approximate surface area is 102 Å². The van der Waals surface area contributed by atoms with Crippen LogP contribution < -0.4 is 10.2 Å². The first kappa shape index (κ1) is 11.7. The summed E-state index contributed by atoms with van der Waals surface area (Å²) in [7, 11) is 0. The maximum atomic E-state index is 11.2. The maximum Gasteiger partial charge on any atom is 0.356 e. The lowest BCUT2D eigenvalue weighted by molar-refractivity contribution is -0.120. The van der Waals surface area contributed by atoms with Gasteiger partial charge >= 0.3 is 5.97 Å². The van der Waals surface area contributed by atoms with Gasteiger partial charge in [0.25, 0.3) is 0 Å². The molecule has 0 bridgehead atoms. The molecule has 0 spiro atoms. The Balaban J connectivity index is 2.29. The average Bonchev–Trinajstić information content (AvgIpc) is 2.29. The van der Waals surface area contributed by atoms with Gasteiger partial charge in [-0.1, -0.05) is 11.6 Å². The minimum Gasteiger partial charge on any atom is -0.476 e. The fourth-order valence-corrected chi connectivity index (χ4v) is 1.78. The minimum atomic E-state index is -1.18. The molecular weight excluding hydrogens is 246 g/mol. The zero-order valence-corrected chi connectivity index (χ0v) is 9.57. The van der Waals surface area contributed by atoms with E-state index in [9.17, 15) is 9.59 Å². The van der Waals surface area contributed by atoms with Gasteiger partial charge in [-0.05, 0) is 12.1 Å². The van der Waals surface area contributed by atoms with Crippen molar-refractivity contribution in [2.75, 3.05) is 24.5 Å². The Morgan fingerprint density at radius 3 is 2.94 bits per heavy atom. The molecule has 1 aliphatic rings. The van der Waals surface area contributed by atoms with Gasteiger partial charge in [-0.2, -0.15) is 0 Å². The zero-order chi connectivity index (χ0) is 12.4. The first-order valence-electron chi connectivity index (χ1n) is 4.99. The number of anilines is 1. The highest BCUT2D eigenvalue weighted by Gasteiger charge is 2.19. The normalized spacial score (nSPS) is 15.6. The molecule has 17 heavy (non-hydrogen) atoms. The Hall–Kier alpha value is -1.82. The fourth-order valence-electron chi connectivity index (χ4n) is 1.59. The van der Waals surface area contributed by atoms with Gasteiger partial charge < -0.3 is 15.3 Å². The van der Waals surface area contributed by atoms with Gasteiger partial charge in [-0.25, -0.2) is 9.78 Å². The molecule has 0 radical (unpaired) electrons. The van der Waals surface area contributed by atoms with E-state index in [1.807, 2.05) is 0 Å². The molecule has 1 aromatic heterocycles. The number of carbonyl (C=O) groups is 2. The van der Waals surface area contributed by atoms with Gasteiger partial charge in [0.05, 0.1) is 11.6 Å². The lowest BCUT2D eigenvalue weighted by Gasteiger charge is -2.27. The minimum absolute atomic E-state index is 0.0858. The van der Waals surface area contributed by atoms with Crippen LogP contribution in [0.5, 0.6) is 0 Å². The molecule has 1 aliphatic heterocycles. The summed E-state index contributed by atoms with van der Waals surface area (Å²) in [6.45, 7) is 1.29. The molecular formula is C10H10ClN3O3. The van der Waals surface area contributed by atoms with Gasteiger partial charge in [0, 0.05) is 13.1 Å². The van der Waals surface area contributed by atoms with Crippen molar-refractivity contribution in [1.82, 2.24) is 10.3 Å². The Morgan fingerprint density at radius 1 is 1.53 bits per heavy atom. The van der Waals surface area contributed by atoms with Crippen molar-refractivity contribution in [2.24, 2.45) is 0 Å². The number of nitrogens with zero attached hydrogens (tertiary/aromatic N) is 2. The van der Waals surface area contributed by atoms with Gasteiger partial charge in [0.1, 0.15) is 5.82 Å². The van der Waals surface area contributed by atoms with Crippen LogP contribution in [0.1, 0.15) is 10.5 Å². The first-order chi connectivity index (χ1) is 8.08. The molecule has 0 saturated carbocycles. The summed E-state index contributed by atoms with van der Waals surface area (Å²) in [6.07, 6.45) is 0. The van der Waals surface area contributed by atoms with Crippen molar-refractivity contribution in [3.8, 4) is 0 Å². The molecule has 0 aromatic carbocycles. The second kappa shape index (κ2) is 4.58. The summed E-state index contributed by atoms with van der Waals surface area (Å²) in [5.74, 6) is -0.843. The molecule has 0 aliphatic carbocycles. The van der Waals surface area contributed by atoms with Crippen molar-refractivity contribution in [3.63, 3.8) is 0 Å². The number of aromatic carboxylic acids is 1. The molecule has 2 rings (SSSR count). The summed E-state index contributed by atoms with van der Waals surface area (Å²) < 4.78 is 0. The number of pyridine rings is 1. The smallest absolute Gasteiger partial charge is 0.356 e. The van der Waals surface area contributed by atoms with Gasteiger partial charge in [0.15, 0.2) is 5.69 Å². The van der Waals surface area contributed by atoms with E-state index in [1.54, 1.807) is 11.0 Å². The largest absolute Gasteiger partial charge is 0.476 e. The highest BCUT2D eigenvalue weighted by molar-refractivity contribution is 6.33. The zero-order valence-electron chi connectivity index (χ0n) is 8.81. The van der Waals surface area contributed by atoms with E-state index in [4.69, 9.17) is 16.7 Å². The molecule has 2 N–H and O–H groups in total. The van der Waals surface area contributed by atoms with Crippen molar-refractivity contribution in [3.05, 3.63) is 22.8 Å². The quantitative estimate of drug-likeness (QED) is 0.798. The van der Waals surface area contributed by atoms with Gasteiger partial charge in [-0.3, -0.25) is 4.79 Å². The molecule has 1 saturated heterocycles. The average molecular weight is 256 g/mol. The van der Waals surface area contributed by atoms with E-state index in [1.165, 1.54) is 6.07 Å². The Morgan fingerprint density at radius 2 is 2.29 bits per heavy atom. The number of aromatic nitrogens is 1. The van der Waals surface area contributed by atoms with Crippen molar-refractivity contribution < 1.29 is 14.7 Å². The summed E-state index contributed by atoms with van der Waals surface area (Å²) >= 11 is 5.72. The molecule has 0 atom stereocenters. The van der Waals surface area contributed by atoms with Crippen LogP contribution in [0, 0.1) is 0 Å². The number of amides is 1. The predicted molar refractivity (Wildman–Crippen MR) is 61.4 cm³/mol. The number of hydrogen-bond donors (Lipinski definition) is 2. The second-order valence-corrected chi connectivity index (χ2v) is 3.98. The number of carboxylic acids is 1. The second-order valence-electron chi connectivity index (χ2n) is 3.58. The molecule has 0 unspecified atom stereocenters. The van der Waals surface area contributed by atoms with Crippen LogP contribution in [-0.4, -0.2) is 41.6 Å². The number of piperazine rings is 1. The third-order valence-corrected chi connectivity index (χ3v) is 2.70. The molecule has 1 aromatic rings. The number of nitrogens with one attached hydrogen (secondary N) is 1. The standard InChI is InChI=1S/C10H10ClN3O3/c11-6-1-2-7(13-9(6)10(16)17)14-4-3-12-8(15)5-14/h1-2H,3-5H2,(H,12,15)(H,16,17). The van der Waals surface area contributed by atoms with E-state index in [0.717, 1.165) is 0 Å². The summed E-state index contributed by atoms with van der Waals surface area (Å²) in [5, 5.41) is 11.7. The summed E-state index contributed by atoms with van der Waals surface area (Å²) in [5.41, 5.74) is -0.199. The van der Waals surface area contributed by atoms with Crippen LogP contribution in [0.3, 0.4) is 0 Å². The van der Waals surface area contributed by atoms with Crippen LogP contribution >= 0.6 is 11.6 Å². The third kappa shape index (κ3) is 2.47. The van der Waals surface area contributed by atoms with Crippen molar-refractivity contribution >= 4 is 29.3 Å². The topological polar surface area (TPSA) is 82.5 Å². The molecule has 1 fully saturated rings. The Kier molecular flexibility index (Phi) is 3.14. The number of carboxylic acid groups (broad SMARTS) is 1. The fraction of sp³-hybridized carbons (Fsp3) is 0.300. The van der Waals surface area contributed by atoms with Crippen molar-refractivity contribution in [2.45, 2.75) is 0 Å². The summed E-state index contributed by atoms with van der Waals surface area (Å²) in [6, 6.07) is 3.08. The third-order valence-electron chi connectivity index (χ3n) is 2.40. The van der Waals surface area contributed by atoms with E-state index in [0.29, 0.717) is 18.9 Å². The Bertz CT molecular complexity index is 478. The number of halogens is 1. The molecule has 2 heterocycles. The van der Waals surface area contributed by atoms with Crippen LogP contribution in [0.4, 0.5) is 5.82 Å². The number of carbonyl (C=O) groups excluding carboxylic acids is 1. The molecule has 90 valence electrons. The van der Waals surface area contributed by atoms with E-state index >= 15 is 0 Å². The maximum absolute atomic E-state index is 11.2. The predicted octanol–water partition coefficient (Wildman–Crippen LogP) is 0.369. The van der Waals surface area contributed by atoms with Crippen molar-refractivity contribution in [1.29, 1.82) is 0 Å². The summed E-state index contributed by atoms with van der Waals surface area (Å²) in [4.78, 5) is 27.7.